The van der Waals surface area contributed by atoms with Gasteiger partial charge in [0, 0.05) is 18.2 Å². The largest absolute Gasteiger partial charge is 0.304 e. The van der Waals surface area contributed by atoms with Crippen molar-refractivity contribution in [3.63, 3.8) is 0 Å². The Bertz CT molecular complexity index is 662. The zero-order chi connectivity index (χ0) is 15.8. The maximum Gasteiger partial charge on any atom is 0.304 e. The summed E-state index contributed by atoms with van der Waals surface area (Å²) in [5.74, 6) is -0.537. The van der Waals surface area contributed by atoms with Gasteiger partial charge in [-0.05, 0) is 30.7 Å². The minimum atomic E-state index is -3.88. The van der Waals surface area contributed by atoms with Crippen LogP contribution in [0, 0.1) is 27.8 Å². The van der Waals surface area contributed by atoms with Gasteiger partial charge in [-0.15, -0.1) is 0 Å². The van der Waals surface area contributed by atoms with Gasteiger partial charge < -0.3 is 0 Å². The average Bonchev–Trinajstić information content (AvgIpc) is 2.69. The fourth-order valence-electron chi connectivity index (χ4n) is 2.60. The fourth-order valence-corrected chi connectivity index (χ4v) is 3.97. The molecule has 0 saturated heterocycles. The summed E-state index contributed by atoms with van der Waals surface area (Å²) in [6.07, 6.45) is 1.67. The van der Waals surface area contributed by atoms with Crippen LogP contribution in [0.2, 0.25) is 0 Å². The minimum Gasteiger partial charge on any atom is -0.258 e. The molecule has 1 aliphatic rings. The van der Waals surface area contributed by atoms with Crippen LogP contribution >= 0.6 is 0 Å². The van der Waals surface area contributed by atoms with E-state index in [-0.39, 0.29) is 16.9 Å². The van der Waals surface area contributed by atoms with E-state index in [2.05, 4.69) is 11.6 Å². The lowest BCUT2D eigenvalue weighted by molar-refractivity contribution is -0.387. The van der Waals surface area contributed by atoms with Crippen molar-refractivity contribution >= 4 is 15.7 Å². The first-order valence-corrected chi connectivity index (χ1v) is 8.17. The third-order valence-electron chi connectivity index (χ3n) is 4.20. The van der Waals surface area contributed by atoms with E-state index in [0.29, 0.717) is 12.0 Å². The molecule has 0 heterocycles. The monoisotopic (exact) mass is 316 g/mol. The maximum absolute atomic E-state index is 13.5. The molecule has 1 aromatic carbocycles. The lowest BCUT2D eigenvalue weighted by Gasteiger charge is -2.19. The molecule has 0 aromatic heterocycles. The van der Waals surface area contributed by atoms with Crippen molar-refractivity contribution in [3.05, 3.63) is 34.1 Å². The smallest absolute Gasteiger partial charge is 0.258 e. The number of nitro groups is 1. The lowest BCUT2D eigenvalue weighted by atomic mass is 9.98. The molecule has 0 amide bonds. The van der Waals surface area contributed by atoms with Gasteiger partial charge in [-0.3, -0.25) is 10.1 Å². The third-order valence-corrected chi connectivity index (χ3v) is 5.69. The van der Waals surface area contributed by atoms with Gasteiger partial charge in [0.15, 0.2) is 0 Å². The molecular formula is C13H17FN2O4S. The quantitative estimate of drug-likeness (QED) is 0.682. The van der Waals surface area contributed by atoms with Gasteiger partial charge in [0.1, 0.15) is 0 Å². The van der Waals surface area contributed by atoms with Crippen molar-refractivity contribution in [1.82, 2.24) is 4.72 Å². The van der Waals surface area contributed by atoms with Crippen LogP contribution < -0.4 is 4.72 Å². The van der Waals surface area contributed by atoms with Gasteiger partial charge in [-0.25, -0.2) is 13.1 Å². The summed E-state index contributed by atoms with van der Waals surface area (Å²) in [4.78, 5) is 9.36. The molecule has 8 heteroatoms. The Morgan fingerprint density at radius 2 is 2.00 bits per heavy atom. The molecule has 6 nitrogen and oxygen atoms in total. The molecule has 2 rings (SSSR count). The molecule has 1 N–H and O–H groups in total. The van der Waals surface area contributed by atoms with Crippen molar-refractivity contribution in [2.24, 2.45) is 11.8 Å². The minimum absolute atomic E-state index is 0.191. The Morgan fingerprint density at radius 1 is 1.33 bits per heavy atom. The highest BCUT2D eigenvalue weighted by Crippen LogP contribution is 2.32. The van der Waals surface area contributed by atoms with E-state index in [1.54, 1.807) is 0 Å². The van der Waals surface area contributed by atoms with Crippen molar-refractivity contribution < 1.29 is 17.7 Å². The van der Waals surface area contributed by atoms with Gasteiger partial charge >= 0.3 is 5.69 Å². The molecule has 3 atom stereocenters. The predicted molar refractivity (Wildman–Crippen MR) is 74.7 cm³/mol. The summed E-state index contributed by atoms with van der Waals surface area (Å²) in [5.41, 5.74) is -0.739. The number of rotatable bonds is 4. The van der Waals surface area contributed by atoms with Crippen molar-refractivity contribution in [1.29, 1.82) is 0 Å². The number of sulfonamides is 1. The summed E-state index contributed by atoms with van der Waals surface area (Å²) < 4.78 is 40.6. The number of nitrogens with one attached hydrogen (secondary N) is 1. The Morgan fingerprint density at radius 3 is 2.48 bits per heavy atom. The molecule has 3 unspecified atom stereocenters. The van der Waals surface area contributed by atoms with Crippen molar-refractivity contribution in [2.75, 3.05) is 0 Å². The third kappa shape index (κ3) is 3.21. The van der Waals surface area contributed by atoms with Gasteiger partial charge in [-0.2, -0.15) is 4.39 Å². The summed E-state index contributed by atoms with van der Waals surface area (Å²) in [6.45, 7) is 4.03. The van der Waals surface area contributed by atoms with Crippen LogP contribution in [0.1, 0.15) is 26.7 Å². The molecule has 0 spiro atoms. The summed E-state index contributed by atoms with van der Waals surface area (Å²) in [5, 5.41) is 10.5. The van der Waals surface area contributed by atoms with Gasteiger partial charge in [-0.1, -0.05) is 13.8 Å². The van der Waals surface area contributed by atoms with E-state index in [4.69, 9.17) is 0 Å². The zero-order valence-corrected chi connectivity index (χ0v) is 12.6. The second kappa shape index (κ2) is 5.69. The normalized spacial score (nSPS) is 26.0. The first kappa shape index (κ1) is 15.8. The molecule has 0 aliphatic heterocycles. The van der Waals surface area contributed by atoms with Crippen molar-refractivity contribution in [3.8, 4) is 0 Å². The topological polar surface area (TPSA) is 89.3 Å². The molecule has 1 aliphatic carbocycles. The van der Waals surface area contributed by atoms with Crippen LogP contribution in [0.25, 0.3) is 0 Å². The fraction of sp³-hybridized carbons (Fsp3) is 0.538. The predicted octanol–water partition coefficient (Wildman–Crippen LogP) is 2.45. The van der Waals surface area contributed by atoms with Crippen LogP contribution in [0.5, 0.6) is 0 Å². The van der Waals surface area contributed by atoms with Gasteiger partial charge in [0.25, 0.3) is 0 Å². The Kier molecular flexibility index (Phi) is 4.29. The average molecular weight is 316 g/mol. The Labute approximate surface area is 122 Å². The highest BCUT2D eigenvalue weighted by molar-refractivity contribution is 7.89. The van der Waals surface area contributed by atoms with E-state index in [9.17, 15) is 22.9 Å². The first-order chi connectivity index (χ1) is 9.72. The number of nitro benzene ring substituents is 1. The Balaban J connectivity index is 2.24. The van der Waals surface area contributed by atoms with E-state index in [1.165, 1.54) is 0 Å². The molecule has 0 bridgehead atoms. The van der Waals surface area contributed by atoms with Crippen LogP contribution in [0.4, 0.5) is 10.1 Å². The Hall–Kier alpha value is -1.54. The van der Waals surface area contributed by atoms with Crippen LogP contribution in [-0.4, -0.2) is 19.4 Å². The second-order valence-corrected chi connectivity index (χ2v) is 7.23. The molecule has 1 fully saturated rings. The number of halogens is 1. The maximum atomic E-state index is 13.5. The van der Waals surface area contributed by atoms with Crippen LogP contribution in [0.15, 0.2) is 23.1 Å². The molecule has 0 radical (unpaired) electrons. The van der Waals surface area contributed by atoms with Crippen molar-refractivity contribution in [2.45, 2.75) is 37.6 Å². The molecule has 116 valence electrons. The number of nitrogens with zero attached hydrogens (tertiary/aromatic N) is 1. The van der Waals surface area contributed by atoms with Crippen LogP contribution in [0.3, 0.4) is 0 Å². The van der Waals surface area contributed by atoms with E-state index in [0.717, 1.165) is 25.0 Å². The lowest BCUT2D eigenvalue weighted by Crippen LogP contribution is -2.37. The standard InChI is InChI=1S/C13H17FN2O4S/c1-8-3-5-12(9(8)2)15-21(19,20)10-4-6-13(16(17)18)11(14)7-10/h4,6-9,12,15H,3,5H2,1-2H3. The summed E-state index contributed by atoms with van der Waals surface area (Å²) in [6, 6.07) is 2.41. The highest BCUT2D eigenvalue weighted by atomic mass is 32.2. The molecule has 1 aromatic rings. The van der Waals surface area contributed by atoms with E-state index >= 15 is 0 Å². The summed E-state index contributed by atoms with van der Waals surface area (Å²) in [7, 11) is -3.88. The van der Waals surface area contributed by atoms with E-state index in [1.807, 2.05) is 6.92 Å². The zero-order valence-electron chi connectivity index (χ0n) is 11.7. The molecule has 21 heavy (non-hydrogen) atoms. The molecular weight excluding hydrogens is 299 g/mol. The summed E-state index contributed by atoms with van der Waals surface area (Å²) >= 11 is 0. The second-order valence-electron chi connectivity index (χ2n) is 5.51. The SMILES string of the molecule is CC1CCC(NS(=O)(=O)c2ccc([N+](=O)[O-])c(F)c2)C1C. The van der Waals surface area contributed by atoms with Gasteiger partial charge in [0.05, 0.1) is 9.82 Å². The first-order valence-electron chi connectivity index (χ1n) is 6.68. The van der Waals surface area contributed by atoms with E-state index < -0.39 is 26.5 Å². The van der Waals surface area contributed by atoms with Crippen LogP contribution in [-0.2, 0) is 10.0 Å². The number of hydrogen-bond donors (Lipinski definition) is 1. The highest BCUT2D eigenvalue weighted by Gasteiger charge is 2.33. The number of benzene rings is 1. The molecule has 1 saturated carbocycles. The number of hydrogen-bond acceptors (Lipinski definition) is 4. The van der Waals surface area contributed by atoms with Gasteiger partial charge in [0.2, 0.25) is 15.8 Å².